The molecule has 102 valence electrons. The summed E-state index contributed by atoms with van der Waals surface area (Å²) in [4.78, 5) is 22.7. The van der Waals surface area contributed by atoms with Crippen LogP contribution >= 0.6 is 15.9 Å². The Morgan fingerprint density at radius 3 is 2.74 bits per heavy atom. The minimum Gasteiger partial charge on any atom is -0.484 e. The van der Waals surface area contributed by atoms with Crippen molar-refractivity contribution in [2.45, 2.75) is 19.8 Å². The molecular formula is C13H15BrN2O3. The standard InChI is InChI=1S/C13H15BrN2O3/c1-8-6-10(4-5-11(8)14)19-7-12(17)15-16-13(18)9-2-3-9/h4-6,9H,2-3,7H2,1H3,(H,15,17)(H,16,18). The van der Waals surface area contributed by atoms with Gasteiger partial charge in [-0.25, -0.2) is 0 Å². The van der Waals surface area contributed by atoms with Gasteiger partial charge in [0.1, 0.15) is 5.75 Å². The number of aryl methyl sites for hydroxylation is 1. The zero-order valence-corrected chi connectivity index (χ0v) is 12.1. The molecule has 0 atom stereocenters. The average molecular weight is 327 g/mol. The normalized spacial score (nSPS) is 13.8. The monoisotopic (exact) mass is 326 g/mol. The van der Waals surface area contributed by atoms with E-state index in [0.717, 1.165) is 22.9 Å². The van der Waals surface area contributed by atoms with Gasteiger partial charge in [-0.3, -0.25) is 20.4 Å². The van der Waals surface area contributed by atoms with E-state index in [1.54, 1.807) is 6.07 Å². The van der Waals surface area contributed by atoms with E-state index in [4.69, 9.17) is 4.74 Å². The van der Waals surface area contributed by atoms with E-state index in [1.165, 1.54) is 0 Å². The van der Waals surface area contributed by atoms with Crippen LogP contribution in [0.15, 0.2) is 22.7 Å². The van der Waals surface area contributed by atoms with Gasteiger partial charge in [0.05, 0.1) is 0 Å². The lowest BCUT2D eigenvalue weighted by atomic mass is 10.2. The first kappa shape index (κ1) is 13.9. The highest BCUT2D eigenvalue weighted by molar-refractivity contribution is 9.10. The third-order valence-electron chi connectivity index (χ3n) is 2.77. The van der Waals surface area contributed by atoms with Crippen LogP contribution < -0.4 is 15.6 Å². The van der Waals surface area contributed by atoms with E-state index in [1.807, 2.05) is 19.1 Å². The van der Waals surface area contributed by atoms with Gasteiger partial charge in [-0.15, -0.1) is 0 Å². The number of ether oxygens (including phenoxy) is 1. The molecular weight excluding hydrogens is 312 g/mol. The summed E-state index contributed by atoms with van der Waals surface area (Å²) in [7, 11) is 0. The van der Waals surface area contributed by atoms with Crippen molar-refractivity contribution in [1.29, 1.82) is 0 Å². The van der Waals surface area contributed by atoms with E-state index in [-0.39, 0.29) is 24.3 Å². The number of carbonyl (C=O) groups is 2. The molecule has 0 aromatic heterocycles. The maximum atomic E-state index is 11.5. The lowest BCUT2D eigenvalue weighted by Gasteiger charge is -2.09. The molecule has 19 heavy (non-hydrogen) atoms. The number of nitrogens with one attached hydrogen (secondary N) is 2. The first-order valence-electron chi connectivity index (χ1n) is 6.04. The van der Waals surface area contributed by atoms with Crippen LogP contribution in [0.1, 0.15) is 18.4 Å². The molecule has 5 nitrogen and oxygen atoms in total. The largest absolute Gasteiger partial charge is 0.484 e. The first-order valence-corrected chi connectivity index (χ1v) is 6.83. The van der Waals surface area contributed by atoms with Crippen molar-refractivity contribution in [1.82, 2.24) is 10.9 Å². The fraction of sp³-hybridized carbons (Fsp3) is 0.385. The Hall–Kier alpha value is -1.56. The fourth-order valence-electron chi connectivity index (χ4n) is 1.47. The molecule has 1 aromatic carbocycles. The van der Waals surface area contributed by atoms with Crippen LogP contribution in [0.3, 0.4) is 0 Å². The molecule has 0 spiro atoms. The van der Waals surface area contributed by atoms with Gasteiger partial charge >= 0.3 is 0 Å². The number of carbonyl (C=O) groups excluding carboxylic acids is 2. The Balaban J connectivity index is 1.73. The molecule has 1 aliphatic carbocycles. The number of hydrazine groups is 1. The Labute approximate surface area is 119 Å². The highest BCUT2D eigenvalue weighted by Gasteiger charge is 2.29. The third kappa shape index (κ3) is 4.24. The second kappa shape index (κ2) is 6.06. The molecule has 0 aliphatic heterocycles. The molecule has 0 saturated heterocycles. The van der Waals surface area contributed by atoms with Gasteiger partial charge in [-0.05, 0) is 43.5 Å². The average Bonchev–Trinajstić information content (AvgIpc) is 3.21. The molecule has 2 rings (SSSR count). The van der Waals surface area contributed by atoms with Crippen molar-refractivity contribution >= 4 is 27.7 Å². The number of hydrogen-bond acceptors (Lipinski definition) is 3. The second-order valence-electron chi connectivity index (χ2n) is 4.51. The lowest BCUT2D eigenvalue weighted by molar-refractivity contribution is -0.130. The molecule has 1 fully saturated rings. The fourth-order valence-corrected chi connectivity index (χ4v) is 1.72. The summed E-state index contributed by atoms with van der Waals surface area (Å²) in [5.74, 6) is 0.169. The van der Waals surface area contributed by atoms with Crippen molar-refractivity contribution in [3.8, 4) is 5.75 Å². The van der Waals surface area contributed by atoms with Crippen LogP contribution in [0.25, 0.3) is 0 Å². The number of hydrogen-bond donors (Lipinski definition) is 2. The van der Waals surface area contributed by atoms with Gasteiger partial charge < -0.3 is 4.74 Å². The predicted octanol–water partition coefficient (Wildman–Crippen LogP) is 1.69. The highest BCUT2D eigenvalue weighted by atomic mass is 79.9. The van der Waals surface area contributed by atoms with Gasteiger partial charge in [0.25, 0.3) is 5.91 Å². The third-order valence-corrected chi connectivity index (χ3v) is 3.66. The number of halogens is 1. The van der Waals surface area contributed by atoms with Crippen LogP contribution in [0, 0.1) is 12.8 Å². The maximum absolute atomic E-state index is 11.5. The van der Waals surface area contributed by atoms with Crippen LogP contribution in [-0.2, 0) is 9.59 Å². The molecule has 1 aliphatic rings. The van der Waals surface area contributed by atoms with Gasteiger partial charge in [0, 0.05) is 10.4 Å². The van der Waals surface area contributed by atoms with Crippen molar-refractivity contribution in [3.63, 3.8) is 0 Å². The van der Waals surface area contributed by atoms with Crippen molar-refractivity contribution in [2.75, 3.05) is 6.61 Å². The minimum atomic E-state index is -0.380. The summed E-state index contributed by atoms with van der Waals surface area (Å²) in [6, 6.07) is 5.46. The summed E-state index contributed by atoms with van der Waals surface area (Å²) in [6.07, 6.45) is 1.80. The van der Waals surface area contributed by atoms with Crippen LogP contribution in [0.5, 0.6) is 5.75 Å². The van der Waals surface area contributed by atoms with Gasteiger partial charge in [-0.2, -0.15) is 0 Å². The van der Waals surface area contributed by atoms with E-state index in [2.05, 4.69) is 26.8 Å². The molecule has 0 radical (unpaired) electrons. The predicted molar refractivity (Wildman–Crippen MR) is 73.4 cm³/mol. The van der Waals surface area contributed by atoms with Crippen LogP contribution in [-0.4, -0.2) is 18.4 Å². The zero-order valence-electron chi connectivity index (χ0n) is 10.5. The molecule has 0 bridgehead atoms. The number of rotatable bonds is 4. The van der Waals surface area contributed by atoms with Crippen molar-refractivity contribution in [2.24, 2.45) is 5.92 Å². The first-order chi connectivity index (χ1) is 9.06. The Morgan fingerprint density at radius 2 is 2.11 bits per heavy atom. The highest BCUT2D eigenvalue weighted by Crippen LogP contribution is 2.28. The molecule has 6 heteroatoms. The van der Waals surface area contributed by atoms with Crippen LogP contribution in [0.2, 0.25) is 0 Å². The SMILES string of the molecule is Cc1cc(OCC(=O)NNC(=O)C2CC2)ccc1Br. The summed E-state index contributed by atoms with van der Waals surface area (Å²) < 4.78 is 6.31. The zero-order chi connectivity index (χ0) is 13.8. The second-order valence-corrected chi connectivity index (χ2v) is 5.37. The van der Waals surface area contributed by atoms with Gasteiger partial charge in [-0.1, -0.05) is 15.9 Å². The van der Waals surface area contributed by atoms with E-state index in [9.17, 15) is 9.59 Å². The molecule has 2 N–H and O–H groups in total. The smallest absolute Gasteiger partial charge is 0.276 e. The van der Waals surface area contributed by atoms with Crippen molar-refractivity contribution in [3.05, 3.63) is 28.2 Å². The van der Waals surface area contributed by atoms with Crippen molar-refractivity contribution < 1.29 is 14.3 Å². The summed E-state index contributed by atoms with van der Waals surface area (Å²) >= 11 is 3.39. The van der Waals surface area contributed by atoms with E-state index >= 15 is 0 Å². The van der Waals surface area contributed by atoms with Gasteiger partial charge in [0.2, 0.25) is 5.91 Å². The Bertz CT molecular complexity index is 501. The molecule has 1 aromatic rings. The summed E-state index contributed by atoms with van der Waals surface area (Å²) in [6.45, 7) is 1.80. The molecule has 0 unspecified atom stereocenters. The summed E-state index contributed by atoms with van der Waals surface area (Å²) in [5.41, 5.74) is 5.73. The molecule has 1 saturated carbocycles. The molecule has 2 amide bonds. The lowest BCUT2D eigenvalue weighted by Crippen LogP contribution is -2.44. The maximum Gasteiger partial charge on any atom is 0.276 e. The van der Waals surface area contributed by atoms with E-state index < -0.39 is 0 Å². The number of amides is 2. The summed E-state index contributed by atoms with van der Waals surface area (Å²) in [5, 5.41) is 0. The van der Waals surface area contributed by atoms with Gasteiger partial charge in [0.15, 0.2) is 6.61 Å². The number of benzene rings is 1. The Kier molecular flexibility index (Phi) is 4.42. The Morgan fingerprint density at radius 1 is 1.37 bits per heavy atom. The minimum absolute atomic E-state index is 0.0651. The molecule has 0 heterocycles. The quantitative estimate of drug-likeness (QED) is 0.827. The topological polar surface area (TPSA) is 67.4 Å². The van der Waals surface area contributed by atoms with Crippen LogP contribution in [0.4, 0.5) is 0 Å². The van der Waals surface area contributed by atoms with E-state index in [0.29, 0.717) is 5.75 Å².